The molecule has 0 N–H and O–H groups in total. The molecule has 0 radical (unpaired) electrons. The Bertz CT molecular complexity index is 4470. The first-order chi connectivity index (χ1) is 46.3. The van der Waals surface area contributed by atoms with E-state index in [0.29, 0.717) is 24.3 Å². The molecule has 0 aliphatic rings. The van der Waals surface area contributed by atoms with Crippen LogP contribution in [-0.2, 0) is 61.8 Å². The van der Waals surface area contributed by atoms with Gasteiger partial charge >= 0.3 is 61.8 Å². The van der Waals surface area contributed by atoms with E-state index in [1.807, 2.05) is 0 Å². The number of hydrogen-bond acceptors (Lipinski definition) is 0. The number of rotatable bonds is 8. The predicted octanol–water partition coefficient (Wildman–Crippen LogP) is 26.6. The van der Waals surface area contributed by atoms with E-state index in [2.05, 4.69) is 0 Å². The van der Waals surface area contributed by atoms with E-state index in [-0.39, 0.29) is 117 Å². The summed E-state index contributed by atoms with van der Waals surface area (Å²) in [6, 6.07) is 16.3. The third-order valence-corrected chi connectivity index (χ3v) is 16.0. The lowest BCUT2D eigenvalue weighted by Gasteiger charge is -2.18. The molecule has 1 heterocycles. The van der Waals surface area contributed by atoms with Crippen LogP contribution >= 0.6 is 0 Å². The fraction of sp³-hybridized carbons (Fsp3) is 0.143. The van der Waals surface area contributed by atoms with Crippen molar-refractivity contribution in [2.75, 3.05) is 0 Å². The zero-order valence-corrected chi connectivity index (χ0v) is 49.2. The van der Waals surface area contributed by atoms with Crippen molar-refractivity contribution >= 4 is 21.8 Å². The van der Waals surface area contributed by atoms with Crippen molar-refractivity contribution < 1.29 is 132 Å². The van der Waals surface area contributed by atoms with Crippen LogP contribution in [0.5, 0.6) is 0 Å². The third-order valence-electron chi connectivity index (χ3n) is 16.0. The van der Waals surface area contributed by atoms with Gasteiger partial charge in [0.05, 0.1) is 72.4 Å². The van der Waals surface area contributed by atoms with Gasteiger partial charge in [-0.1, -0.05) is 30.3 Å². The minimum absolute atomic E-state index is 0.161. The molecule has 0 aliphatic heterocycles. The summed E-state index contributed by atoms with van der Waals surface area (Å²) in [4.78, 5) is 0. The van der Waals surface area contributed by atoms with Gasteiger partial charge in [0.25, 0.3) is 0 Å². The SMILES string of the molecule is FC(F)(F)c1cc(-c2cc(-c3cc(C(F)(F)F)cc(C(F)(F)F)c3)cc(-c3ccc4c(c3)c3cc(-c5cc(-c6cc(C(F)(F)F)cc(C(F)(F)F)c6)cc(-c6cc(C(F)(F)F)cc(C(F)(F)F)c6)c5)ccc3n4-c3ccccc3-c3cc(C(F)(F)F)cc(C(F)(F)F)c3)c2)cc(C(F)(F)F)c1. The van der Waals surface area contributed by atoms with E-state index >= 15 is 0 Å². The average Bonchev–Trinajstić information content (AvgIpc) is 1.61. The van der Waals surface area contributed by atoms with Crippen LogP contribution in [0.4, 0.5) is 132 Å². The molecule has 10 aromatic carbocycles. The molecule has 0 bridgehead atoms. The van der Waals surface area contributed by atoms with Crippen molar-refractivity contribution in [2.45, 2.75) is 61.8 Å². The van der Waals surface area contributed by atoms with Gasteiger partial charge in [0.15, 0.2) is 0 Å². The lowest BCUT2D eigenvalue weighted by Crippen LogP contribution is -2.11. The van der Waals surface area contributed by atoms with Crippen LogP contribution in [-0.4, -0.2) is 4.57 Å². The Morgan fingerprint density at radius 3 is 0.574 bits per heavy atom. The highest BCUT2D eigenvalue weighted by Gasteiger charge is 2.43. The fourth-order valence-corrected chi connectivity index (χ4v) is 11.4. The molecule has 101 heavy (non-hydrogen) atoms. The lowest BCUT2D eigenvalue weighted by molar-refractivity contribution is -0.144. The van der Waals surface area contributed by atoms with Crippen LogP contribution in [0.3, 0.4) is 0 Å². The Balaban J connectivity index is 1.25. The molecule has 0 saturated carbocycles. The number of halogens is 30. The Kier molecular flexibility index (Phi) is 17.4. The second-order valence-corrected chi connectivity index (χ2v) is 22.9. The largest absolute Gasteiger partial charge is 0.416 e. The van der Waals surface area contributed by atoms with E-state index in [1.165, 1.54) is 12.1 Å². The van der Waals surface area contributed by atoms with Gasteiger partial charge in [-0.05, 0) is 230 Å². The number of hydrogen-bond donors (Lipinski definition) is 0. The lowest BCUT2D eigenvalue weighted by atomic mass is 9.90. The Labute approximate surface area is 545 Å². The van der Waals surface area contributed by atoms with Crippen molar-refractivity contribution in [1.82, 2.24) is 4.57 Å². The van der Waals surface area contributed by atoms with E-state index < -0.39 is 184 Å². The molecular formula is C70H31F30N. The molecule has 0 aliphatic carbocycles. The summed E-state index contributed by atoms with van der Waals surface area (Å²) in [6.07, 6.45) is -55.4. The normalized spacial score (nSPS) is 13.4. The number of benzene rings is 10. The topological polar surface area (TPSA) is 4.93 Å². The summed E-state index contributed by atoms with van der Waals surface area (Å²) in [6.45, 7) is 0. The molecule has 0 fully saturated rings. The highest BCUT2D eigenvalue weighted by molar-refractivity contribution is 6.12. The smallest absolute Gasteiger partial charge is 0.309 e. The van der Waals surface area contributed by atoms with Crippen LogP contribution in [0, 0.1) is 0 Å². The predicted molar refractivity (Wildman–Crippen MR) is 309 cm³/mol. The van der Waals surface area contributed by atoms with Gasteiger partial charge in [0.2, 0.25) is 0 Å². The molecule has 1 aromatic heterocycles. The number of para-hydroxylation sites is 1. The van der Waals surface area contributed by atoms with E-state index in [1.54, 1.807) is 0 Å². The van der Waals surface area contributed by atoms with Crippen molar-refractivity contribution in [3.8, 4) is 83.6 Å². The van der Waals surface area contributed by atoms with Crippen LogP contribution < -0.4 is 0 Å². The zero-order valence-electron chi connectivity index (χ0n) is 49.2. The molecule has 0 unspecified atom stereocenters. The van der Waals surface area contributed by atoms with Crippen molar-refractivity contribution in [3.63, 3.8) is 0 Å². The van der Waals surface area contributed by atoms with Gasteiger partial charge in [0.1, 0.15) is 0 Å². The highest BCUT2D eigenvalue weighted by Crippen LogP contribution is 2.50. The molecule has 0 atom stereocenters. The summed E-state index contributed by atoms with van der Waals surface area (Å²) in [7, 11) is 0. The molecule has 526 valence electrons. The maximum Gasteiger partial charge on any atom is 0.416 e. The van der Waals surface area contributed by atoms with Crippen LogP contribution in [0.15, 0.2) is 188 Å². The molecule has 0 spiro atoms. The van der Waals surface area contributed by atoms with Gasteiger partial charge in [-0.25, -0.2) is 0 Å². The van der Waals surface area contributed by atoms with E-state index in [0.717, 1.165) is 77.4 Å². The van der Waals surface area contributed by atoms with Gasteiger partial charge in [0, 0.05) is 16.3 Å². The molecule has 31 heteroatoms. The molecule has 1 nitrogen and oxygen atoms in total. The number of alkyl halides is 30. The number of nitrogens with zero attached hydrogens (tertiary/aromatic N) is 1. The van der Waals surface area contributed by atoms with Crippen molar-refractivity contribution in [2.24, 2.45) is 0 Å². The number of fused-ring (bicyclic) bond motifs is 3. The second-order valence-electron chi connectivity index (χ2n) is 22.9. The quantitative estimate of drug-likeness (QED) is 0.134. The van der Waals surface area contributed by atoms with Crippen LogP contribution in [0.1, 0.15) is 55.6 Å². The van der Waals surface area contributed by atoms with Gasteiger partial charge < -0.3 is 4.57 Å². The highest BCUT2D eigenvalue weighted by atomic mass is 19.4. The maximum atomic E-state index is 14.5. The van der Waals surface area contributed by atoms with Gasteiger partial charge in [-0.2, -0.15) is 132 Å². The fourth-order valence-electron chi connectivity index (χ4n) is 11.4. The maximum absolute atomic E-state index is 14.5. The monoisotopic (exact) mass is 1460 g/mol. The second kappa shape index (κ2) is 24.3. The minimum Gasteiger partial charge on any atom is -0.309 e. The first-order valence-corrected chi connectivity index (χ1v) is 28.3. The Morgan fingerprint density at radius 2 is 0.356 bits per heavy atom. The summed E-state index contributed by atoms with van der Waals surface area (Å²) in [5, 5.41) is -0.482. The number of aromatic nitrogens is 1. The summed E-state index contributed by atoms with van der Waals surface area (Å²) in [5.74, 6) is 0. The Morgan fingerprint density at radius 1 is 0.168 bits per heavy atom. The molecular weight excluding hydrogens is 1420 g/mol. The molecule has 11 aromatic rings. The van der Waals surface area contributed by atoms with E-state index in [4.69, 9.17) is 0 Å². The first kappa shape index (κ1) is 72.2. The standard InChI is InChI=1S/C70H31F30N/c71-61(72,73)45-15-40(16-46(27-45)62(74,75)76)36-9-34(10-37(13-36)41-17-47(63(77,78)79)28-48(18-41)64(80,81)82)32-5-7-59-56(25-32)57-26-33(6-8-60(57)101(59)58-4-2-1-3-55(58)44-23-53(69(95,96)97)31-54(24-44)70(98,99)100)35-11-38(42-19-49(65(83,84)85)29-50(20-42)66(86,87)88)14-39(12-35)43-21-51(67(89,90)91)30-52(22-43)68(92,93)94/h1-31H. The van der Waals surface area contributed by atoms with Gasteiger partial charge in [-0.15, -0.1) is 0 Å². The Hall–Kier alpha value is -10.1. The van der Waals surface area contributed by atoms with Crippen molar-refractivity contribution in [3.05, 3.63) is 244 Å². The van der Waals surface area contributed by atoms with Crippen LogP contribution in [0.25, 0.3) is 105 Å². The van der Waals surface area contributed by atoms with Gasteiger partial charge in [-0.3, -0.25) is 0 Å². The molecule has 11 rings (SSSR count). The summed E-state index contributed by atoms with van der Waals surface area (Å²) >= 11 is 0. The van der Waals surface area contributed by atoms with E-state index in [9.17, 15) is 132 Å². The van der Waals surface area contributed by atoms with Crippen molar-refractivity contribution in [1.29, 1.82) is 0 Å². The first-order valence-electron chi connectivity index (χ1n) is 28.3. The molecule has 0 saturated heterocycles. The van der Waals surface area contributed by atoms with Crippen LogP contribution in [0.2, 0.25) is 0 Å². The summed E-state index contributed by atoms with van der Waals surface area (Å²) in [5.41, 5.74) is -29.8. The minimum atomic E-state index is -5.57. The third kappa shape index (κ3) is 15.0. The molecule has 0 amide bonds. The summed E-state index contributed by atoms with van der Waals surface area (Å²) < 4.78 is 434. The average molecular weight is 1460 g/mol. The zero-order chi connectivity index (χ0) is 74.2.